The zero-order chi connectivity index (χ0) is 10.0. The molecule has 0 aliphatic rings. The van der Waals surface area contributed by atoms with Crippen LogP contribution in [0.3, 0.4) is 0 Å². The molecule has 0 aromatic heterocycles. The largest absolute Gasteiger partial charge is 0.508 e. The number of phenols is 2. The average molecular weight is 181 g/mol. The molecule has 1 rings (SSSR count). The van der Waals surface area contributed by atoms with Crippen LogP contribution in [0.4, 0.5) is 0 Å². The number of rotatable bonds is 2. The summed E-state index contributed by atoms with van der Waals surface area (Å²) in [5, 5.41) is 18.8. The molecule has 0 aliphatic heterocycles. The summed E-state index contributed by atoms with van der Waals surface area (Å²) in [7, 11) is 0. The normalized spacial score (nSPS) is 12.8. The van der Waals surface area contributed by atoms with Crippen molar-refractivity contribution in [2.24, 2.45) is 5.73 Å². The van der Waals surface area contributed by atoms with Gasteiger partial charge in [0.1, 0.15) is 11.5 Å². The molecule has 1 atom stereocenters. The van der Waals surface area contributed by atoms with Crippen molar-refractivity contribution < 1.29 is 10.2 Å². The highest BCUT2D eigenvalue weighted by Gasteiger charge is 2.10. The minimum atomic E-state index is -0.217. The molecule has 13 heavy (non-hydrogen) atoms. The molecular weight excluding hydrogens is 166 g/mol. The Morgan fingerprint density at radius 2 is 1.92 bits per heavy atom. The third-order valence-electron chi connectivity index (χ3n) is 2.10. The maximum absolute atomic E-state index is 9.44. The molecule has 1 aromatic carbocycles. The summed E-state index contributed by atoms with van der Waals surface area (Å²) in [6.45, 7) is 3.74. The summed E-state index contributed by atoms with van der Waals surface area (Å²) < 4.78 is 0. The van der Waals surface area contributed by atoms with E-state index in [1.54, 1.807) is 13.0 Å². The van der Waals surface area contributed by atoms with Gasteiger partial charge >= 0.3 is 0 Å². The number of nitrogens with two attached hydrogens (primary N) is 1. The molecule has 1 aromatic rings. The molecule has 3 heteroatoms. The molecule has 0 radical (unpaired) electrons. The second kappa shape index (κ2) is 3.66. The minimum Gasteiger partial charge on any atom is -0.508 e. The van der Waals surface area contributed by atoms with Gasteiger partial charge in [-0.15, -0.1) is 0 Å². The first kappa shape index (κ1) is 9.86. The Hall–Kier alpha value is -1.22. The van der Waals surface area contributed by atoms with Gasteiger partial charge in [-0.25, -0.2) is 0 Å². The Balaban J connectivity index is 3.22. The summed E-state index contributed by atoms with van der Waals surface area (Å²) in [6.07, 6.45) is 0.728. The van der Waals surface area contributed by atoms with Crippen LogP contribution in [0.15, 0.2) is 12.1 Å². The van der Waals surface area contributed by atoms with Crippen molar-refractivity contribution >= 4 is 0 Å². The Bertz CT molecular complexity index is 308. The van der Waals surface area contributed by atoms with Crippen molar-refractivity contribution in [2.45, 2.75) is 26.3 Å². The summed E-state index contributed by atoms with van der Waals surface area (Å²) >= 11 is 0. The van der Waals surface area contributed by atoms with Crippen molar-refractivity contribution in [2.75, 3.05) is 0 Å². The lowest BCUT2D eigenvalue weighted by molar-refractivity contribution is 0.439. The first-order valence-corrected chi connectivity index (χ1v) is 4.36. The molecule has 0 aliphatic carbocycles. The SMILES string of the molecule is CCc1cc(C(C)N)c(O)cc1O. The van der Waals surface area contributed by atoms with Gasteiger partial charge in [-0.1, -0.05) is 6.92 Å². The molecular formula is C10H15NO2. The van der Waals surface area contributed by atoms with E-state index in [1.165, 1.54) is 6.07 Å². The van der Waals surface area contributed by atoms with Gasteiger partial charge in [0.2, 0.25) is 0 Å². The highest BCUT2D eigenvalue weighted by Crippen LogP contribution is 2.30. The Labute approximate surface area is 77.8 Å². The van der Waals surface area contributed by atoms with Crippen molar-refractivity contribution in [1.82, 2.24) is 0 Å². The predicted octanol–water partition coefficient (Wildman–Crippen LogP) is 1.68. The zero-order valence-electron chi connectivity index (χ0n) is 7.91. The van der Waals surface area contributed by atoms with Crippen LogP contribution in [0.25, 0.3) is 0 Å². The lowest BCUT2D eigenvalue weighted by Gasteiger charge is -2.11. The predicted molar refractivity (Wildman–Crippen MR) is 51.8 cm³/mol. The summed E-state index contributed by atoms with van der Waals surface area (Å²) in [4.78, 5) is 0. The Morgan fingerprint density at radius 3 is 2.38 bits per heavy atom. The highest BCUT2D eigenvalue weighted by atomic mass is 16.3. The van der Waals surface area contributed by atoms with Crippen LogP contribution in [-0.4, -0.2) is 10.2 Å². The van der Waals surface area contributed by atoms with Gasteiger partial charge in [-0.05, 0) is 25.0 Å². The standard InChI is InChI=1S/C10H15NO2/c1-3-7-4-8(6(2)11)10(13)5-9(7)12/h4-6,12-13H,3,11H2,1-2H3. The maximum atomic E-state index is 9.44. The van der Waals surface area contributed by atoms with E-state index in [0.717, 1.165) is 12.0 Å². The number of benzene rings is 1. The quantitative estimate of drug-likeness (QED) is 0.650. The lowest BCUT2D eigenvalue weighted by Crippen LogP contribution is -2.05. The summed E-state index contributed by atoms with van der Waals surface area (Å²) in [5.41, 5.74) is 7.13. The summed E-state index contributed by atoms with van der Waals surface area (Å²) in [5.74, 6) is 0.189. The molecule has 0 amide bonds. The van der Waals surface area contributed by atoms with E-state index in [9.17, 15) is 10.2 Å². The first-order chi connectivity index (χ1) is 6.06. The van der Waals surface area contributed by atoms with Gasteiger partial charge in [0.25, 0.3) is 0 Å². The smallest absolute Gasteiger partial charge is 0.124 e. The monoisotopic (exact) mass is 181 g/mol. The van der Waals surface area contributed by atoms with E-state index in [4.69, 9.17) is 5.73 Å². The first-order valence-electron chi connectivity index (χ1n) is 4.36. The van der Waals surface area contributed by atoms with E-state index in [1.807, 2.05) is 6.92 Å². The number of hydrogen-bond acceptors (Lipinski definition) is 3. The molecule has 0 spiro atoms. The fourth-order valence-electron chi connectivity index (χ4n) is 1.29. The number of phenolic OH excluding ortho intramolecular Hbond substituents is 2. The third kappa shape index (κ3) is 1.92. The van der Waals surface area contributed by atoms with E-state index in [0.29, 0.717) is 5.56 Å². The lowest BCUT2D eigenvalue weighted by atomic mass is 10.0. The van der Waals surface area contributed by atoms with Gasteiger partial charge in [0, 0.05) is 17.7 Å². The average Bonchev–Trinajstić information content (AvgIpc) is 2.03. The second-order valence-electron chi connectivity index (χ2n) is 3.18. The fraction of sp³-hybridized carbons (Fsp3) is 0.400. The Kier molecular flexibility index (Phi) is 2.78. The molecule has 0 saturated heterocycles. The number of aromatic hydroxyl groups is 2. The molecule has 0 bridgehead atoms. The molecule has 3 nitrogen and oxygen atoms in total. The van der Waals surface area contributed by atoms with E-state index >= 15 is 0 Å². The van der Waals surface area contributed by atoms with Crippen molar-refractivity contribution in [3.8, 4) is 11.5 Å². The minimum absolute atomic E-state index is 0.0599. The van der Waals surface area contributed by atoms with Crippen molar-refractivity contribution in [3.05, 3.63) is 23.3 Å². The van der Waals surface area contributed by atoms with Gasteiger partial charge < -0.3 is 15.9 Å². The van der Waals surface area contributed by atoms with Crippen LogP contribution in [-0.2, 0) is 6.42 Å². The van der Waals surface area contributed by atoms with Crippen LogP contribution in [0, 0.1) is 0 Å². The van der Waals surface area contributed by atoms with E-state index in [-0.39, 0.29) is 17.5 Å². The summed E-state index contributed by atoms with van der Waals surface area (Å²) in [6, 6.07) is 2.87. The molecule has 0 fully saturated rings. The number of aryl methyl sites for hydroxylation is 1. The van der Waals surface area contributed by atoms with Crippen LogP contribution < -0.4 is 5.73 Å². The molecule has 0 saturated carbocycles. The van der Waals surface area contributed by atoms with Crippen LogP contribution in [0.5, 0.6) is 11.5 Å². The second-order valence-corrected chi connectivity index (χ2v) is 3.18. The molecule has 72 valence electrons. The van der Waals surface area contributed by atoms with Gasteiger partial charge in [-0.2, -0.15) is 0 Å². The highest BCUT2D eigenvalue weighted by molar-refractivity contribution is 5.46. The van der Waals surface area contributed by atoms with Crippen molar-refractivity contribution in [1.29, 1.82) is 0 Å². The maximum Gasteiger partial charge on any atom is 0.124 e. The van der Waals surface area contributed by atoms with Crippen LogP contribution >= 0.6 is 0 Å². The molecule has 0 heterocycles. The van der Waals surface area contributed by atoms with E-state index < -0.39 is 0 Å². The molecule has 4 N–H and O–H groups in total. The van der Waals surface area contributed by atoms with Crippen LogP contribution in [0.2, 0.25) is 0 Å². The fourth-order valence-corrected chi connectivity index (χ4v) is 1.29. The van der Waals surface area contributed by atoms with Gasteiger partial charge in [0.15, 0.2) is 0 Å². The number of hydrogen-bond donors (Lipinski definition) is 3. The van der Waals surface area contributed by atoms with Crippen LogP contribution in [0.1, 0.15) is 31.0 Å². The Morgan fingerprint density at radius 1 is 1.31 bits per heavy atom. The zero-order valence-corrected chi connectivity index (χ0v) is 7.91. The molecule has 1 unspecified atom stereocenters. The van der Waals surface area contributed by atoms with Crippen molar-refractivity contribution in [3.63, 3.8) is 0 Å². The third-order valence-corrected chi connectivity index (χ3v) is 2.10. The van der Waals surface area contributed by atoms with Gasteiger partial charge in [-0.3, -0.25) is 0 Å². The topological polar surface area (TPSA) is 66.5 Å². The van der Waals surface area contributed by atoms with E-state index in [2.05, 4.69) is 0 Å². The van der Waals surface area contributed by atoms with Gasteiger partial charge in [0.05, 0.1) is 0 Å².